The molecule has 2 rings (SSSR count). The van der Waals surface area contributed by atoms with Crippen LogP contribution in [0, 0.1) is 11.7 Å². The zero-order valence-corrected chi connectivity index (χ0v) is 12.4. The molecule has 1 aromatic rings. The van der Waals surface area contributed by atoms with Crippen LogP contribution in [0.5, 0.6) is 5.75 Å². The fourth-order valence-electron chi connectivity index (χ4n) is 2.75. The molecule has 1 saturated heterocycles. The highest BCUT2D eigenvalue weighted by Crippen LogP contribution is 2.23. The lowest BCUT2D eigenvalue weighted by atomic mass is 9.96. The fraction of sp³-hybridized carbons (Fsp3) is 0.625. The first-order valence-electron chi connectivity index (χ1n) is 7.48. The zero-order valence-electron chi connectivity index (χ0n) is 12.4. The van der Waals surface area contributed by atoms with Crippen LogP contribution in [0.25, 0.3) is 0 Å². The van der Waals surface area contributed by atoms with E-state index in [0.29, 0.717) is 24.1 Å². The van der Waals surface area contributed by atoms with Crippen LogP contribution in [0.1, 0.15) is 32.3 Å². The Kier molecular flexibility index (Phi) is 5.38. The van der Waals surface area contributed by atoms with Crippen LogP contribution in [0.15, 0.2) is 18.2 Å². The number of hydrogen-bond acceptors (Lipinski definition) is 3. The normalized spacial score (nSPS) is 17.1. The first-order valence-corrected chi connectivity index (χ1v) is 7.48. The highest BCUT2D eigenvalue weighted by molar-refractivity contribution is 5.32. The number of nitrogens with one attached hydrogen (secondary N) is 1. The maximum absolute atomic E-state index is 13.3. The van der Waals surface area contributed by atoms with Crippen molar-refractivity contribution in [2.45, 2.75) is 39.3 Å². The van der Waals surface area contributed by atoms with E-state index in [4.69, 9.17) is 0 Å². The van der Waals surface area contributed by atoms with Crippen LogP contribution in [0.2, 0.25) is 0 Å². The zero-order chi connectivity index (χ0) is 14.5. The fourth-order valence-corrected chi connectivity index (χ4v) is 2.75. The summed E-state index contributed by atoms with van der Waals surface area (Å²) in [5.74, 6) is 0.583. The summed E-state index contributed by atoms with van der Waals surface area (Å²) in [5, 5.41) is 13.2. The van der Waals surface area contributed by atoms with Crippen molar-refractivity contribution in [3.05, 3.63) is 29.6 Å². The Morgan fingerprint density at radius 1 is 1.35 bits per heavy atom. The molecule has 1 fully saturated rings. The minimum atomic E-state index is -0.289. The molecule has 0 radical (unpaired) electrons. The third-order valence-corrected chi connectivity index (χ3v) is 4.10. The first-order chi connectivity index (χ1) is 9.56. The van der Waals surface area contributed by atoms with E-state index in [1.165, 1.54) is 31.0 Å². The van der Waals surface area contributed by atoms with Crippen LogP contribution < -0.4 is 5.32 Å². The second-order valence-corrected chi connectivity index (χ2v) is 5.99. The van der Waals surface area contributed by atoms with Crippen molar-refractivity contribution in [2.24, 2.45) is 5.92 Å². The summed E-state index contributed by atoms with van der Waals surface area (Å²) >= 11 is 0. The van der Waals surface area contributed by atoms with Gasteiger partial charge >= 0.3 is 0 Å². The molecule has 0 unspecified atom stereocenters. The molecule has 1 heterocycles. The third-order valence-electron chi connectivity index (χ3n) is 4.10. The number of hydrogen-bond donors (Lipinski definition) is 2. The lowest BCUT2D eigenvalue weighted by molar-refractivity contribution is 0.160. The molecule has 1 aliphatic rings. The van der Waals surface area contributed by atoms with Crippen molar-refractivity contribution in [3.8, 4) is 5.75 Å². The van der Waals surface area contributed by atoms with Crippen molar-refractivity contribution in [3.63, 3.8) is 0 Å². The van der Waals surface area contributed by atoms with Crippen LogP contribution in [-0.2, 0) is 6.54 Å². The van der Waals surface area contributed by atoms with Gasteiger partial charge in [0.25, 0.3) is 0 Å². The van der Waals surface area contributed by atoms with E-state index in [1.807, 2.05) is 0 Å². The quantitative estimate of drug-likeness (QED) is 0.870. The van der Waals surface area contributed by atoms with Crippen LogP contribution >= 0.6 is 0 Å². The number of rotatable bonds is 5. The monoisotopic (exact) mass is 280 g/mol. The number of benzene rings is 1. The second-order valence-electron chi connectivity index (χ2n) is 5.99. The number of piperidine rings is 1. The molecule has 4 heteroatoms. The van der Waals surface area contributed by atoms with Gasteiger partial charge in [0.2, 0.25) is 0 Å². The molecular formula is C16H25FN2O. The predicted octanol–water partition coefficient (Wildman–Crippen LogP) is 2.74. The molecule has 0 amide bonds. The number of aromatic hydroxyl groups is 1. The Balaban J connectivity index is 2.02. The van der Waals surface area contributed by atoms with Crippen LogP contribution in [0.3, 0.4) is 0 Å². The lowest BCUT2D eigenvalue weighted by Crippen LogP contribution is -2.39. The van der Waals surface area contributed by atoms with Crippen LogP contribution in [0.4, 0.5) is 4.39 Å². The standard InChI is InChI=1S/C16H25FN2O/c1-12(2)19(10-13-5-7-18-8-6-13)11-14-9-15(17)3-4-16(14)20/h3-4,9,12-13,18,20H,5-8,10-11H2,1-2H3. The summed E-state index contributed by atoms with van der Waals surface area (Å²) < 4.78 is 13.3. The molecule has 112 valence electrons. The van der Waals surface area contributed by atoms with Crippen molar-refractivity contribution in [1.29, 1.82) is 0 Å². The van der Waals surface area contributed by atoms with Crippen molar-refractivity contribution in [1.82, 2.24) is 10.2 Å². The van der Waals surface area contributed by atoms with E-state index in [0.717, 1.165) is 19.6 Å². The molecule has 1 aromatic carbocycles. The van der Waals surface area contributed by atoms with Gasteiger partial charge in [-0.05, 0) is 63.9 Å². The molecule has 2 N–H and O–H groups in total. The van der Waals surface area contributed by atoms with E-state index >= 15 is 0 Å². The highest BCUT2D eigenvalue weighted by atomic mass is 19.1. The van der Waals surface area contributed by atoms with Gasteiger partial charge in [-0.15, -0.1) is 0 Å². The highest BCUT2D eigenvalue weighted by Gasteiger charge is 2.20. The van der Waals surface area contributed by atoms with Gasteiger partial charge in [-0.25, -0.2) is 4.39 Å². The summed E-state index contributed by atoms with van der Waals surface area (Å²) in [5.41, 5.74) is 0.674. The summed E-state index contributed by atoms with van der Waals surface area (Å²) in [4.78, 5) is 2.32. The van der Waals surface area contributed by atoms with E-state index in [1.54, 1.807) is 0 Å². The average molecular weight is 280 g/mol. The Labute approximate surface area is 120 Å². The SMILES string of the molecule is CC(C)N(Cc1cc(F)ccc1O)CC1CCNCC1. The molecular weight excluding hydrogens is 255 g/mol. The predicted molar refractivity (Wildman–Crippen MR) is 79.2 cm³/mol. The molecule has 0 aliphatic carbocycles. The minimum absolute atomic E-state index is 0.183. The number of nitrogens with zero attached hydrogens (tertiary/aromatic N) is 1. The largest absolute Gasteiger partial charge is 0.508 e. The second kappa shape index (κ2) is 7.04. The Morgan fingerprint density at radius 2 is 2.05 bits per heavy atom. The summed E-state index contributed by atoms with van der Waals surface area (Å²) in [6.45, 7) is 8.08. The molecule has 0 atom stereocenters. The third kappa shape index (κ3) is 4.18. The van der Waals surface area contributed by atoms with Gasteiger partial charge in [-0.1, -0.05) is 0 Å². The summed E-state index contributed by atoms with van der Waals surface area (Å²) in [6.07, 6.45) is 2.39. The molecule has 1 aliphatic heterocycles. The smallest absolute Gasteiger partial charge is 0.123 e. The van der Waals surface area contributed by atoms with E-state index in [9.17, 15) is 9.50 Å². The van der Waals surface area contributed by atoms with E-state index in [-0.39, 0.29) is 11.6 Å². The average Bonchev–Trinajstić information content (AvgIpc) is 2.43. The summed E-state index contributed by atoms with van der Waals surface area (Å²) in [6, 6.07) is 4.55. The number of phenolic OH excluding ortho intramolecular Hbond substituents is 1. The maximum Gasteiger partial charge on any atom is 0.123 e. The molecule has 3 nitrogen and oxygen atoms in total. The Bertz CT molecular complexity index is 430. The van der Waals surface area contributed by atoms with E-state index < -0.39 is 0 Å². The van der Waals surface area contributed by atoms with Crippen molar-refractivity contribution >= 4 is 0 Å². The lowest BCUT2D eigenvalue weighted by Gasteiger charge is -2.33. The van der Waals surface area contributed by atoms with Gasteiger partial charge in [0.1, 0.15) is 11.6 Å². The van der Waals surface area contributed by atoms with Gasteiger partial charge in [0.15, 0.2) is 0 Å². The molecule has 0 bridgehead atoms. The number of phenols is 1. The molecule has 0 aromatic heterocycles. The van der Waals surface area contributed by atoms with Gasteiger partial charge < -0.3 is 10.4 Å². The Morgan fingerprint density at radius 3 is 2.70 bits per heavy atom. The summed E-state index contributed by atoms with van der Waals surface area (Å²) in [7, 11) is 0. The van der Waals surface area contributed by atoms with Gasteiger partial charge in [0, 0.05) is 24.7 Å². The Hall–Kier alpha value is -1.13. The van der Waals surface area contributed by atoms with Crippen LogP contribution in [-0.4, -0.2) is 35.7 Å². The van der Waals surface area contributed by atoms with Crippen molar-refractivity contribution < 1.29 is 9.50 Å². The van der Waals surface area contributed by atoms with Crippen molar-refractivity contribution in [2.75, 3.05) is 19.6 Å². The van der Waals surface area contributed by atoms with Gasteiger partial charge in [-0.2, -0.15) is 0 Å². The molecule has 0 saturated carbocycles. The van der Waals surface area contributed by atoms with Gasteiger partial charge in [0.05, 0.1) is 0 Å². The van der Waals surface area contributed by atoms with E-state index in [2.05, 4.69) is 24.1 Å². The number of halogens is 1. The molecule has 0 spiro atoms. The van der Waals surface area contributed by atoms with Gasteiger partial charge in [-0.3, -0.25) is 4.90 Å². The topological polar surface area (TPSA) is 35.5 Å². The first kappa shape index (κ1) is 15.3. The molecule has 20 heavy (non-hydrogen) atoms. The minimum Gasteiger partial charge on any atom is -0.508 e. The maximum atomic E-state index is 13.3.